The normalized spacial score (nSPS) is 18.2. The minimum absolute atomic E-state index is 0.0968. The van der Waals surface area contributed by atoms with Crippen molar-refractivity contribution in [3.63, 3.8) is 0 Å². The predicted molar refractivity (Wildman–Crippen MR) is 113 cm³/mol. The fourth-order valence-corrected chi connectivity index (χ4v) is 4.03. The van der Waals surface area contributed by atoms with Crippen LogP contribution in [0.2, 0.25) is 0 Å². The molecule has 30 heavy (non-hydrogen) atoms. The smallest absolute Gasteiger partial charge is 0.416 e. The number of likely N-dealkylation sites (N-methyl/N-ethyl adjacent to an activating group) is 1. The molecule has 0 bridgehead atoms. The van der Waals surface area contributed by atoms with Crippen molar-refractivity contribution < 1.29 is 22.7 Å². The maximum Gasteiger partial charge on any atom is 0.416 e. The summed E-state index contributed by atoms with van der Waals surface area (Å²) in [5.74, 6) is 0.240. The molecule has 1 N–H and O–H groups in total. The summed E-state index contributed by atoms with van der Waals surface area (Å²) in [7, 11) is 1.80. The predicted octanol–water partition coefficient (Wildman–Crippen LogP) is 4.04. The lowest BCUT2D eigenvalue weighted by Crippen LogP contribution is -2.46. The van der Waals surface area contributed by atoms with Gasteiger partial charge in [0.25, 0.3) is 0 Å². The summed E-state index contributed by atoms with van der Waals surface area (Å²) >= 11 is 5.39. The van der Waals surface area contributed by atoms with Gasteiger partial charge in [-0.25, -0.2) is 0 Å². The molecule has 1 fully saturated rings. The Balaban J connectivity index is 2.19. The zero-order valence-electron chi connectivity index (χ0n) is 17.5. The maximum absolute atomic E-state index is 13.4. The summed E-state index contributed by atoms with van der Waals surface area (Å²) in [6, 6.07) is 3.42. The number of ether oxygens (including phenoxy) is 1. The van der Waals surface area contributed by atoms with Crippen molar-refractivity contribution in [1.29, 1.82) is 0 Å². The lowest BCUT2D eigenvalue weighted by atomic mass is 9.87. The standard InChI is InChI=1S/C21H26F3N3O2S/c1-5-25-19(30)26(4)12-15-18(27-10-6-7-17(27)28)14-11-13(21(22,23)24)8-9-16(14)29-20(15,2)3/h8-9,11H,5-7,10,12H2,1-4H3,(H,25,30). The third-order valence-electron chi connectivity index (χ3n) is 5.35. The number of thiocarbonyl (C=S) groups is 1. The van der Waals surface area contributed by atoms with Crippen LogP contribution in [0.5, 0.6) is 5.75 Å². The zero-order chi connectivity index (χ0) is 22.3. The number of likely N-dealkylation sites (tertiary alicyclic amines) is 1. The Morgan fingerprint density at radius 3 is 2.63 bits per heavy atom. The van der Waals surface area contributed by atoms with E-state index in [2.05, 4.69) is 5.32 Å². The number of alkyl halides is 3. The van der Waals surface area contributed by atoms with Crippen molar-refractivity contribution in [3.8, 4) is 5.75 Å². The lowest BCUT2D eigenvalue weighted by molar-refractivity contribution is -0.137. The van der Waals surface area contributed by atoms with Crippen LogP contribution in [0.25, 0.3) is 5.70 Å². The molecule has 1 aromatic carbocycles. The van der Waals surface area contributed by atoms with Crippen LogP contribution < -0.4 is 10.1 Å². The highest BCUT2D eigenvalue weighted by Crippen LogP contribution is 2.45. The maximum atomic E-state index is 13.4. The third kappa shape index (κ3) is 4.26. The SMILES string of the molecule is CCNC(=S)N(C)CC1=C(N2CCCC2=O)c2cc(C(F)(F)F)ccc2OC1(C)C. The molecule has 2 aliphatic heterocycles. The molecule has 0 aromatic heterocycles. The largest absolute Gasteiger partial charge is 0.483 e. The van der Waals surface area contributed by atoms with Gasteiger partial charge in [-0.3, -0.25) is 4.79 Å². The number of amides is 1. The van der Waals surface area contributed by atoms with E-state index in [0.717, 1.165) is 12.1 Å². The van der Waals surface area contributed by atoms with Crippen LogP contribution >= 0.6 is 12.2 Å². The molecular weight excluding hydrogens is 415 g/mol. The minimum Gasteiger partial charge on any atom is -0.483 e. The van der Waals surface area contributed by atoms with E-state index in [-0.39, 0.29) is 11.5 Å². The second-order valence-corrected chi connectivity index (χ2v) is 8.38. The quantitative estimate of drug-likeness (QED) is 0.715. The Bertz CT molecular complexity index is 896. The van der Waals surface area contributed by atoms with E-state index in [1.807, 2.05) is 20.8 Å². The molecule has 0 spiro atoms. The molecule has 0 unspecified atom stereocenters. The van der Waals surface area contributed by atoms with Gasteiger partial charge in [0.1, 0.15) is 11.4 Å². The number of hydrogen-bond donors (Lipinski definition) is 1. The number of carbonyl (C=O) groups excluding carboxylic acids is 1. The fourth-order valence-electron chi connectivity index (χ4n) is 3.82. The van der Waals surface area contributed by atoms with E-state index < -0.39 is 17.3 Å². The number of rotatable bonds is 4. The molecule has 0 radical (unpaired) electrons. The molecule has 2 heterocycles. The molecule has 0 aliphatic carbocycles. The summed E-state index contributed by atoms with van der Waals surface area (Å²) in [5.41, 5.74) is -0.101. The van der Waals surface area contributed by atoms with E-state index in [0.29, 0.717) is 54.6 Å². The first kappa shape index (κ1) is 22.4. The second kappa shape index (κ2) is 8.09. The Morgan fingerprint density at radius 1 is 1.37 bits per heavy atom. The van der Waals surface area contributed by atoms with Crippen molar-refractivity contribution in [3.05, 3.63) is 34.9 Å². The van der Waals surface area contributed by atoms with Gasteiger partial charge >= 0.3 is 6.18 Å². The van der Waals surface area contributed by atoms with E-state index in [9.17, 15) is 18.0 Å². The number of nitrogens with one attached hydrogen (secondary N) is 1. The minimum atomic E-state index is -4.49. The highest BCUT2D eigenvalue weighted by molar-refractivity contribution is 7.80. The fraction of sp³-hybridized carbons (Fsp3) is 0.524. The van der Waals surface area contributed by atoms with Crippen LogP contribution in [0.4, 0.5) is 13.2 Å². The number of carbonyl (C=O) groups is 1. The lowest BCUT2D eigenvalue weighted by Gasteiger charge is -2.41. The first-order valence-electron chi connectivity index (χ1n) is 9.89. The van der Waals surface area contributed by atoms with Crippen LogP contribution in [-0.4, -0.2) is 53.1 Å². The number of nitrogens with zero attached hydrogens (tertiary/aromatic N) is 2. The summed E-state index contributed by atoms with van der Waals surface area (Å²) in [6.07, 6.45) is -3.46. The monoisotopic (exact) mass is 441 g/mol. The van der Waals surface area contributed by atoms with Crippen LogP contribution in [0, 0.1) is 0 Å². The highest BCUT2D eigenvalue weighted by atomic mass is 32.1. The third-order valence-corrected chi connectivity index (χ3v) is 5.81. The van der Waals surface area contributed by atoms with Gasteiger partial charge in [0.15, 0.2) is 5.11 Å². The van der Waals surface area contributed by atoms with Gasteiger partial charge in [0.2, 0.25) is 5.91 Å². The average Bonchev–Trinajstić information content (AvgIpc) is 3.06. The Morgan fingerprint density at radius 2 is 2.07 bits per heavy atom. The average molecular weight is 442 g/mol. The molecule has 9 heteroatoms. The van der Waals surface area contributed by atoms with Crippen molar-refractivity contribution in [2.45, 2.75) is 45.4 Å². The number of hydrogen-bond acceptors (Lipinski definition) is 3. The van der Waals surface area contributed by atoms with Crippen LogP contribution in [0.15, 0.2) is 23.8 Å². The molecule has 1 aromatic rings. The second-order valence-electron chi connectivity index (χ2n) is 7.99. The number of fused-ring (bicyclic) bond motifs is 1. The molecule has 164 valence electrons. The van der Waals surface area contributed by atoms with Crippen LogP contribution in [0.1, 0.15) is 44.7 Å². The number of benzene rings is 1. The summed E-state index contributed by atoms with van der Waals surface area (Å²) in [6.45, 7) is 7.06. The molecule has 0 saturated carbocycles. The van der Waals surface area contributed by atoms with Gasteiger partial charge in [-0.1, -0.05) is 0 Å². The first-order valence-corrected chi connectivity index (χ1v) is 10.3. The van der Waals surface area contributed by atoms with Gasteiger partial charge in [-0.15, -0.1) is 0 Å². The van der Waals surface area contributed by atoms with Crippen LogP contribution in [-0.2, 0) is 11.0 Å². The van der Waals surface area contributed by atoms with Crippen molar-refractivity contribution in [1.82, 2.24) is 15.1 Å². The van der Waals surface area contributed by atoms with E-state index in [1.165, 1.54) is 6.07 Å². The Hall–Kier alpha value is -2.29. The topological polar surface area (TPSA) is 44.8 Å². The van der Waals surface area contributed by atoms with Gasteiger partial charge in [-0.2, -0.15) is 13.2 Å². The van der Waals surface area contributed by atoms with Gasteiger partial charge in [0.05, 0.1) is 11.3 Å². The molecule has 2 aliphatic rings. The van der Waals surface area contributed by atoms with Crippen molar-refractivity contribution >= 4 is 28.9 Å². The first-order chi connectivity index (χ1) is 14.0. The van der Waals surface area contributed by atoms with E-state index in [1.54, 1.807) is 16.8 Å². The Labute approximate surface area is 179 Å². The molecule has 5 nitrogen and oxygen atoms in total. The highest BCUT2D eigenvalue weighted by Gasteiger charge is 2.41. The molecule has 3 rings (SSSR count). The Kier molecular flexibility index (Phi) is 6.04. The summed E-state index contributed by atoms with van der Waals surface area (Å²) < 4.78 is 46.4. The molecular formula is C21H26F3N3O2S. The zero-order valence-corrected chi connectivity index (χ0v) is 18.3. The molecule has 0 atom stereocenters. The number of halogens is 3. The van der Waals surface area contributed by atoms with Crippen LogP contribution in [0.3, 0.4) is 0 Å². The van der Waals surface area contributed by atoms with Gasteiger partial charge < -0.3 is 19.9 Å². The van der Waals surface area contributed by atoms with E-state index >= 15 is 0 Å². The molecule has 1 amide bonds. The van der Waals surface area contributed by atoms with Gasteiger partial charge in [0, 0.05) is 44.2 Å². The molecule has 1 saturated heterocycles. The van der Waals surface area contributed by atoms with Crippen molar-refractivity contribution in [2.75, 3.05) is 26.7 Å². The van der Waals surface area contributed by atoms with Crippen molar-refractivity contribution in [2.24, 2.45) is 0 Å². The van der Waals surface area contributed by atoms with E-state index in [4.69, 9.17) is 17.0 Å². The van der Waals surface area contributed by atoms with Gasteiger partial charge in [-0.05, 0) is 57.6 Å². The summed E-state index contributed by atoms with van der Waals surface area (Å²) in [4.78, 5) is 16.0. The summed E-state index contributed by atoms with van der Waals surface area (Å²) in [5, 5.41) is 3.58.